The highest BCUT2D eigenvalue weighted by molar-refractivity contribution is 6.30. The third-order valence-corrected chi connectivity index (χ3v) is 3.57. The van der Waals surface area contributed by atoms with Crippen LogP contribution in [0.25, 0.3) is 0 Å². The smallest absolute Gasteiger partial charge is 0.123 e. The molecule has 0 radical (unpaired) electrons. The molecule has 0 fully saturated rings. The van der Waals surface area contributed by atoms with Crippen LogP contribution in [0.2, 0.25) is 5.02 Å². The molecule has 0 amide bonds. The lowest BCUT2D eigenvalue weighted by Gasteiger charge is -2.13. The van der Waals surface area contributed by atoms with Gasteiger partial charge in [0.25, 0.3) is 0 Å². The lowest BCUT2D eigenvalue weighted by Crippen LogP contribution is -2.24. The van der Waals surface area contributed by atoms with Crippen molar-refractivity contribution in [2.75, 3.05) is 11.9 Å². The van der Waals surface area contributed by atoms with E-state index in [2.05, 4.69) is 17.5 Å². The zero-order valence-corrected chi connectivity index (χ0v) is 11.5. The van der Waals surface area contributed by atoms with Gasteiger partial charge in [0.05, 0.1) is 17.8 Å². The first-order chi connectivity index (χ1) is 9.76. The predicted molar refractivity (Wildman–Crippen MR) is 79.2 cm³/mol. The van der Waals surface area contributed by atoms with E-state index >= 15 is 0 Å². The number of hydrogen-bond donors (Lipinski definition) is 1. The van der Waals surface area contributed by atoms with E-state index in [1.165, 1.54) is 5.56 Å². The molecule has 0 saturated heterocycles. The van der Waals surface area contributed by atoms with E-state index in [0.29, 0.717) is 17.1 Å². The van der Waals surface area contributed by atoms with E-state index < -0.39 is 0 Å². The third kappa shape index (κ3) is 2.56. The molecular formula is C16H13ClN2O. The molecule has 2 aromatic carbocycles. The Hall–Kier alpha value is -2.18. The fraction of sp³-hybridized carbons (Fsp3) is 0.188. The summed E-state index contributed by atoms with van der Waals surface area (Å²) < 4.78 is 5.85. The van der Waals surface area contributed by atoms with Gasteiger partial charge in [-0.2, -0.15) is 5.26 Å². The highest BCUT2D eigenvalue weighted by Gasteiger charge is 2.22. The Labute approximate surface area is 122 Å². The Kier molecular flexibility index (Phi) is 3.49. The molecule has 0 aliphatic carbocycles. The van der Waals surface area contributed by atoms with Crippen molar-refractivity contribution < 1.29 is 4.74 Å². The van der Waals surface area contributed by atoms with Crippen LogP contribution >= 0.6 is 11.6 Å². The molecule has 0 spiro atoms. The summed E-state index contributed by atoms with van der Waals surface area (Å²) >= 11 is 5.88. The van der Waals surface area contributed by atoms with Gasteiger partial charge in [-0.3, -0.25) is 0 Å². The van der Waals surface area contributed by atoms with Crippen molar-refractivity contribution in [3.63, 3.8) is 0 Å². The quantitative estimate of drug-likeness (QED) is 0.936. The fourth-order valence-electron chi connectivity index (χ4n) is 2.35. The number of benzene rings is 2. The van der Waals surface area contributed by atoms with E-state index in [9.17, 15) is 0 Å². The minimum atomic E-state index is 0.0922. The Bertz CT molecular complexity index is 653. The molecule has 20 heavy (non-hydrogen) atoms. The topological polar surface area (TPSA) is 45.0 Å². The molecule has 3 rings (SSSR count). The van der Waals surface area contributed by atoms with Crippen LogP contribution in [0.3, 0.4) is 0 Å². The van der Waals surface area contributed by atoms with Gasteiger partial charge in [-0.1, -0.05) is 29.8 Å². The van der Waals surface area contributed by atoms with Gasteiger partial charge in [-0.25, -0.2) is 0 Å². The summed E-state index contributed by atoms with van der Waals surface area (Å²) in [6.07, 6.45) is 0.980. The minimum absolute atomic E-state index is 0.0922. The largest absolute Gasteiger partial charge is 0.488 e. The summed E-state index contributed by atoms with van der Waals surface area (Å²) in [5.74, 6) is 0.955. The number of rotatable bonds is 3. The van der Waals surface area contributed by atoms with Crippen LogP contribution in [0.1, 0.15) is 11.1 Å². The Morgan fingerprint density at radius 2 is 2.15 bits per heavy atom. The predicted octanol–water partition coefficient (Wildman–Crippen LogP) is 3.63. The molecule has 1 heterocycles. The van der Waals surface area contributed by atoms with Gasteiger partial charge in [0.1, 0.15) is 17.9 Å². The van der Waals surface area contributed by atoms with Crippen LogP contribution in [0, 0.1) is 11.3 Å². The number of anilines is 1. The van der Waals surface area contributed by atoms with Gasteiger partial charge in [0.15, 0.2) is 0 Å². The maximum atomic E-state index is 9.10. The molecule has 1 unspecified atom stereocenters. The molecule has 4 heteroatoms. The SMILES string of the molecule is N#Cc1cc(Cl)ccc1NCC1Cc2ccccc2O1. The number of hydrogen-bond acceptors (Lipinski definition) is 3. The van der Waals surface area contributed by atoms with Crippen molar-refractivity contribution in [1.82, 2.24) is 0 Å². The molecule has 100 valence electrons. The zero-order valence-electron chi connectivity index (χ0n) is 10.8. The first-order valence-corrected chi connectivity index (χ1v) is 6.82. The zero-order chi connectivity index (χ0) is 13.9. The molecule has 3 nitrogen and oxygen atoms in total. The van der Waals surface area contributed by atoms with Gasteiger partial charge < -0.3 is 10.1 Å². The van der Waals surface area contributed by atoms with Crippen molar-refractivity contribution in [2.24, 2.45) is 0 Å². The second-order valence-electron chi connectivity index (χ2n) is 4.73. The van der Waals surface area contributed by atoms with Crippen molar-refractivity contribution in [3.05, 3.63) is 58.6 Å². The van der Waals surface area contributed by atoms with Crippen LogP contribution in [0.5, 0.6) is 5.75 Å². The van der Waals surface area contributed by atoms with Crippen LogP contribution in [0.15, 0.2) is 42.5 Å². The summed E-state index contributed by atoms with van der Waals surface area (Å²) in [4.78, 5) is 0. The minimum Gasteiger partial charge on any atom is -0.488 e. The highest BCUT2D eigenvalue weighted by atomic mass is 35.5. The van der Waals surface area contributed by atoms with E-state index in [4.69, 9.17) is 21.6 Å². The summed E-state index contributed by atoms with van der Waals surface area (Å²) in [7, 11) is 0. The lowest BCUT2D eigenvalue weighted by molar-refractivity contribution is 0.246. The number of para-hydroxylation sites is 1. The Balaban J connectivity index is 1.66. The maximum Gasteiger partial charge on any atom is 0.123 e. The second kappa shape index (κ2) is 5.44. The van der Waals surface area contributed by atoms with Crippen molar-refractivity contribution in [3.8, 4) is 11.8 Å². The van der Waals surface area contributed by atoms with Gasteiger partial charge in [-0.15, -0.1) is 0 Å². The standard InChI is InChI=1S/C16H13ClN2O/c17-13-5-6-15(12(7-13)9-18)19-10-14-8-11-3-1-2-4-16(11)20-14/h1-7,14,19H,8,10H2. The highest BCUT2D eigenvalue weighted by Crippen LogP contribution is 2.28. The van der Waals surface area contributed by atoms with Crippen molar-refractivity contribution in [1.29, 1.82) is 5.26 Å². The Morgan fingerprint density at radius 1 is 1.30 bits per heavy atom. The van der Waals surface area contributed by atoms with Crippen molar-refractivity contribution in [2.45, 2.75) is 12.5 Å². The number of nitrogens with zero attached hydrogens (tertiary/aromatic N) is 1. The Morgan fingerprint density at radius 3 is 2.95 bits per heavy atom. The average molecular weight is 285 g/mol. The van der Waals surface area contributed by atoms with Crippen LogP contribution in [-0.4, -0.2) is 12.6 Å². The molecule has 0 aromatic heterocycles. The maximum absolute atomic E-state index is 9.10. The first-order valence-electron chi connectivity index (χ1n) is 6.44. The van der Waals surface area contributed by atoms with E-state index in [-0.39, 0.29) is 6.10 Å². The van der Waals surface area contributed by atoms with Crippen LogP contribution in [0.4, 0.5) is 5.69 Å². The second-order valence-corrected chi connectivity index (χ2v) is 5.17. The molecular weight excluding hydrogens is 272 g/mol. The average Bonchev–Trinajstić information content (AvgIpc) is 2.88. The molecule has 1 aliphatic rings. The van der Waals surface area contributed by atoms with E-state index in [1.807, 2.05) is 24.3 Å². The van der Waals surface area contributed by atoms with Gasteiger partial charge in [0.2, 0.25) is 0 Å². The van der Waals surface area contributed by atoms with Gasteiger partial charge >= 0.3 is 0 Å². The van der Waals surface area contributed by atoms with E-state index in [0.717, 1.165) is 17.9 Å². The number of ether oxygens (including phenoxy) is 1. The summed E-state index contributed by atoms with van der Waals surface area (Å²) in [6.45, 7) is 0.658. The first kappa shape index (κ1) is 12.8. The molecule has 1 atom stereocenters. The normalized spacial score (nSPS) is 16.1. The summed E-state index contributed by atoms with van der Waals surface area (Å²) in [5, 5.41) is 12.9. The number of nitriles is 1. The fourth-order valence-corrected chi connectivity index (χ4v) is 2.53. The number of fused-ring (bicyclic) bond motifs is 1. The molecule has 0 bridgehead atoms. The molecule has 1 aliphatic heterocycles. The third-order valence-electron chi connectivity index (χ3n) is 3.34. The van der Waals surface area contributed by atoms with Crippen LogP contribution in [-0.2, 0) is 6.42 Å². The van der Waals surface area contributed by atoms with E-state index in [1.54, 1.807) is 12.1 Å². The molecule has 2 aromatic rings. The molecule has 1 N–H and O–H groups in total. The van der Waals surface area contributed by atoms with Crippen molar-refractivity contribution >= 4 is 17.3 Å². The summed E-state index contributed by atoms with van der Waals surface area (Å²) in [5.41, 5.74) is 2.57. The van der Waals surface area contributed by atoms with Crippen LogP contribution < -0.4 is 10.1 Å². The lowest BCUT2D eigenvalue weighted by atomic mass is 10.1. The number of nitrogens with one attached hydrogen (secondary N) is 1. The van der Waals surface area contributed by atoms with Gasteiger partial charge in [-0.05, 0) is 29.8 Å². The van der Waals surface area contributed by atoms with Gasteiger partial charge in [0, 0.05) is 11.4 Å². The molecule has 0 saturated carbocycles. The summed E-state index contributed by atoms with van der Waals surface area (Å²) in [6, 6.07) is 15.5. The number of halogens is 1. The monoisotopic (exact) mass is 284 g/mol.